The molecule has 0 bridgehead atoms. The number of nitrogens with one attached hydrogen (secondary N) is 2. The van der Waals surface area contributed by atoms with Gasteiger partial charge in [-0.3, -0.25) is 4.79 Å². The number of hydrogen-bond acceptors (Lipinski definition) is 5. The van der Waals surface area contributed by atoms with Crippen LogP contribution in [0.25, 0.3) is 22.0 Å². The fourth-order valence-electron chi connectivity index (χ4n) is 6.07. The van der Waals surface area contributed by atoms with Gasteiger partial charge in [0.15, 0.2) is 0 Å². The van der Waals surface area contributed by atoms with Gasteiger partial charge < -0.3 is 21.1 Å². The van der Waals surface area contributed by atoms with Crippen molar-refractivity contribution in [3.8, 4) is 11.1 Å². The third-order valence-corrected chi connectivity index (χ3v) is 10.1. The third kappa shape index (κ3) is 5.81. The Balaban J connectivity index is 1.29. The summed E-state index contributed by atoms with van der Waals surface area (Å²) < 4.78 is 27.6. The van der Waals surface area contributed by atoms with E-state index >= 15 is 0 Å². The van der Waals surface area contributed by atoms with Gasteiger partial charge in [-0.15, -0.1) is 0 Å². The zero-order valence-electron chi connectivity index (χ0n) is 21.8. The fourth-order valence-corrected chi connectivity index (χ4v) is 7.60. The molecule has 0 spiro atoms. The number of hydrogen-bond donors (Lipinski definition) is 4. The van der Waals surface area contributed by atoms with Gasteiger partial charge in [0.05, 0.1) is 23.4 Å². The van der Waals surface area contributed by atoms with Gasteiger partial charge in [0.2, 0.25) is 10.0 Å². The number of piperidine rings is 1. The zero-order valence-corrected chi connectivity index (χ0v) is 22.6. The second-order valence-electron chi connectivity index (χ2n) is 10.7. The Morgan fingerprint density at radius 2 is 1.84 bits per heavy atom. The minimum Gasteiger partial charge on any atom is -0.392 e. The third-order valence-electron chi connectivity index (χ3n) is 8.18. The number of fused-ring (bicyclic) bond motifs is 1. The molecule has 2 fully saturated rings. The molecule has 1 aliphatic heterocycles. The molecule has 1 saturated carbocycles. The molecule has 1 aliphatic carbocycles. The van der Waals surface area contributed by atoms with Gasteiger partial charge in [-0.1, -0.05) is 31.0 Å². The molecule has 2 aromatic carbocycles. The molecular weight excluding hydrogens is 500 g/mol. The maximum Gasteiger partial charge on any atom is 0.250 e. The van der Waals surface area contributed by atoms with Crippen LogP contribution in [-0.4, -0.2) is 60.1 Å². The summed E-state index contributed by atoms with van der Waals surface area (Å²) in [4.78, 5) is 15.6. The van der Waals surface area contributed by atoms with Crippen molar-refractivity contribution in [3.63, 3.8) is 0 Å². The van der Waals surface area contributed by atoms with Crippen LogP contribution in [0.1, 0.15) is 72.3 Å². The SMILES string of the molecule is NC(=O)c1cc(-c2cccc(CO)c2)cc2c(C3CCN(S(=O)(=O)CCCNC4CCCC4)CC3)c[nH]c12. The number of aromatic nitrogens is 1. The van der Waals surface area contributed by atoms with Gasteiger partial charge in [0, 0.05) is 30.7 Å². The van der Waals surface area contributed by atoms with Crippen LogP contribution in [0.4, 0.5) is 0 Å². The number of benzene rings is 2. The van der Waals surface area contributed by atoms with E-state index in [0.29, 0.717) is 36.6 Å². The smallest absolute Gasteiger partial charge is 0.250 e. The van der Waals surface area contributed by atoms with E-state index in [4.69, 9.17) is 5.73 Å². The van der Waals surface area contributed by atoms with Crippen molar-refractivity contribution in [1.29, 1.82) is 0 Å². The highest BCUT2D eigenvalue weighted by Gasteiger charge is 2.30. The monoisotopic (exact) mass is 538 g/mol. The lowest BCUT2D eigenvalue weighted by Gasteiger charge is -2.31. The molecule has 0 atom stereocenters. The van der Waals surface area contributed by atoms with Gasteiger partial charge in [0.25, 0.3) is 5.91 Å². The molecule has 8 nitrogen and oxygen atoms in total. The molecule has 1 amide bonds. The highest BCUT2D eigenvalue weighted by atomic mass is 32.2. The average Bonchev–Trinajstić information content (AvgIpc) is 3.61. The highest BCUT2D eigenvalue weighted by molar-refractivity contribution is 7.89. The van der Waals surface area contributed by atoms with Crippen LogP contribution in [0.2, 0.25) is 0 Å². The first kappa shape index (κ1) is 26.9. The van der Waals surface area contributed by atoms with Crippen molar-refractivity contribution >= 4 is 26.8 Å². The number of sulfonamides is 1. The van der Waals surface area contributed by atoms with Crippen molar-refractivity contribution in [3.05, 3.63) is 59.3 Å². The number of aromatic amines is 1. The Morgan fingerprint density at radius 3 is 2.55 bits per heavy atom. The summed E-state index contributed by atoms with van der Waals surface area (Å²) in [5.74, 6) is -0.145. The normalized spacial score (nSPS) is 17.9. The number of primary amides is 1. The number of nitrogens with zero attached hydrogens (tertiary/aromatic N) is 1. The first-order valence-corrected chi connectivity index (χ1v) is 15.3. The first-order chi connectivity index (χ1) is 18.4. The van der Waals surface area contributed by atoms with E-state index in [1.807, 2.05) is 30.5 Å². The predicted octanol–water partition coefficient (Wildman–Crippen LogP) is 3.86. The van der Waals surface area contributed by atoms with Crippen LogP contribution in [-0.2, 0) is 16.6 Å². The van der Waals surface area contributed by atoms with Gasteiger partial charge in [0.1, 0.15) is 0 Å². The quantitative estimate of drug-likeness (QED) is 0.292. The molecule has 3 aromatic rings. The Hall–Kier alpha value is -2.72. The lowest BCUT2D eigenvalue weighted by Crippen LogP contribution is -2.40. The first-order valence-electron chi connectivity index (χ1n) is 13.7. The second-order valence-corrected chi connectivity index (χ2v) is 12.8. The Kier molecular flexibility index (Phi) is 8.18. The van der Waals surface area contributed by atoms with Gasteiger partial charge >= 0.3 is 0 Å². The largest absolute Gasteiger partial charge is 0.392 e. The van der Waals surface area contributed by atoms with E-state index in [1.165, 1.54) is 25.7 Å². The minimum absolute atomic E-state index is 0.0628. The fraction of sp³-hybridized carbons (Fsp3) is 0.483. The van der Waals surface area contributed by atoms with Crippen LogP contribution in [0.15, 0.2) is 42.6 Å². The summed E-state index contributed by atoms with van der Waals surface area (Å²) in [7, 11) is -3.28. The van der Waals surface area contributed by atoms with E-state index in [0.717, 1.165) is 47.0 Å². The number of H-pyrrole nitrogens is 1. The Bertz CT molecular complexity index is 1390. The number of aliphatic hydroxyl groups excluding tert-OH is 1. The maximum atomic E-state index is 13.0. The summed E-state index contributed by atoms with van der Waals surface area (Å²) in [5, 5.41) is 14.0. The second kappa shape index (κ2) is 11.6. The van der Waals surface area contributed by atoms with Gasteiger partial charge in [-0.25, -0.2) is 12.7 Å². The zero-order chi connectivity index (χ0) is 26.7. The highest BCUT2D eigenvalue weighted by Crippen LogP contribution is 2.37. The molecule has 2 heterocycles. The molecule has 204 valence electrons. The summed E-state index contributed by atoms with van der Waals surface area (Å²) in [6.45, 7) is 1.68. The molecule has 1 saturated heterocycles. The van der Waals surface area contributed by atoms with Crippen LogP contribution < -0.4 is 11.1 Å². The molecule has 5 rings (SSSR count). The molecule has 1 aromatic heterocycles. The van der Waals surface area contributed by atoms with Crippen LogP contribution >= 0.6 is 0 Å². The number of nitrogens with two attached hydrogens (primary N) is 1. The van der Waals surface area contributed by atoms with E-state index < -0.39 is 15.9 Å². The Labute approximate surface area is 224 Å². The minimum atomic E-state index is -3.28. The van der Waals surface area contributed by atoms with Crippen LogP contribution in [0.5, 0.6) is 0 Å². The van der Waals surface area contributed by atoms with Crippen LogP contribution in [0.3, 0.4) is 0 Å². The molecule has 0 radical (unpaired) electrons. The standard InChI is InChI=1S/C29H38N4O4S/c30-29(35)26-17-23(22-6-3-5-20(15-22)19-34)16-25-27(18-32-28(25)26)21-9-12-33(13-10-21)38(36,37)14-4-11-31-24-7-1-2-8-24/h3,5-6,15-18,21,24,31-32,34H,1-2,4,7-14,19H2,(H2,30,35). The van der Waals surface area contributed by atoms with E-state index in [-0.39, 0.29) is 18.3 Å². The number of carbonyl (C=O) groups excluding carboxylic acids is 1. The number of aliphatic hydroxyl groups is 1. The summed E-state index contributed by atoms with van der Waals surface area (Å²) in [5.41, 5.74) is 10.5. The van der Waals surface area contributed by atoms with Crippen molar-refractivity contribution in [2.45, 2.75) is 63.5 Å². The van der Waals surface area contributed by atoms with Gasteiger partial charge in [-0.2, -0.15) is 0 Å². The predicted molar refractivity (Wildman–Crippen MR) is 150 cm³/mol. The summed E-state index contributed by atoms with van der Waals surface area (Å²) >= 11 is 0. The molecule has 0 unspecified atom stereocenters. The lowest BCUT2D eigenvalue weighted by atomic mass is 9.88. The summed E-state index contributed by atoms with van der Waals surface area (Å²) in [6.07, 6.45) is 8.96. The van der Waals surface area contributed by atoms with Crippen molar-refractivity contribution in [1.82, 2.24) is 14.6 Å². The van der Waals surface area contributed by atoms with Crippen molar-refractivity contribution in [2.24, 2.45) is 5.73 Å². The van der Waals surface area contributed by atoms with E-state index in [9.17, 15) is 18.3 Å². The molecule has 38 heavy (non-hydrogen) atoms. The lowest BCUT2D eigenvalue weighted by molar-refractivity contribution is 0.100. The average molecular weight is 539 g/mol. The van der Waals surface area contributed by atoms with E-state index in [2.05, 4.69) is 16.4 Å². The number of rotatable bonds is 10. The van der Waals surface area contributed by atoms with E-state index in [1.54, 1.807) is 10.4 Å². The van der Waals surface area contributed by atoms with Crippen molar-refractivity contribution in [2.75, 3.05) is 25.4 Å². The Morgan fingerprint density at radius 1 is 1.08 bits per heavy atom. The molecule has 9 heteroatoms. The molecule has 5 N–H and O–H groups in total. The summed E-state index contributed by atoms with van der Waals surface area (Å²) in [6, 6.07) is 12.0. The van der Waals surface area contributed by atoms with Crippen molar-refractivity contribution < 1.29 is 18.3 Å². The number of amides is 1. The van der Waals surface area contributed by atoms with Crippen LogP contribution in [0, 0.1) is 0 Å². The van der Waals surface area contributed by atoms with Gasteiger partial charge in [-0.05, 0) is 85.0 Å². The maximum absolute atomic E-state index is 13.0. The molecule has 2 aliphatic rings. The molecular formula is C29H38N4O4S. The topological polar surface area (TPSA) is 129 Å². The number of carbonyl (C=O) groups is 1.